The number of nitrogens with one attached hydrogen (secondary N) is 2. The van der Waals surface area contributed by atoms with Gasteiger partial charge in [-0.15, -0.1) is 11.3 Å². The molecule has 1 aromatic rings. The minimum atomic E-state index is -0.241. The monoisotopic (exact) mass is 298 g/mol. The normalized spacial score (nSPS) is 12.6. The van der Waals surface area contributed by atoms with Crippen LogP contribution in [0.3, 0.4) is 0 Å². The first kappa shape index (κ1) is 16.9. The summed E-state index contributed by atoms with van der Waals surface area (Å²) in [5.74, 6) is 0.825. The van der Waals surface area contributed by atoms with Crippen molar-refractivity contribution >= 4 is 17.3 Å². The standard InChI is InChI=1S/C14H26N4OS/c1-6-15-13(18-10-14(3,4)19-5)16-8-7-12-17-9-11(2)20-12/h9H,6-8,10H2,1-5H3,(H2,15,16,18). The van der Waals surface area contributed by atoms with Gasteiger partial charge in [0.15, 0.2) is 5.96 Å². The molecule has 0 aliphatic rings. The van der Waals surface area contributed by atoms with E-state index in [1.54, 1.807) is 18.4 Å². The Balaban J connectivity index is 2.44. The van der Waals surface area contributed by atoms with Gasteiger partial charge in [-0.1, -0.05) is 0 Å². The molecule has 0 unspecified atom stereocenters. The van der Waals surface area contributed by atoms with Gasteiger partial charge in [0.25, 0.3) is 0 Å². The van der Waals surface area contributed by atoms with Crippen LogP contribution in [0.15, 0.2) is 11.2 Å². The molecule has 0 saturated heterocycles. The number of ether oxygens (including phenoxy) is 1. The first-order chi connectivity index (χ1) is 9.46. The number of guanidine groups is 1. The van der Waals surface area contributed by atoms with E-state index in [1.807, 2.05) is 20.0 Å². The Morgan fingerprint density at radius 1 is 1.45 bits per heavy atom. The van der Waals surface area contributed by atoms with Crippen molar-refractivity contribution in [3.8, 4) is 0 Å². The molecule has 1 heterocycles. The smallest absolute Gasteiger partial charge is 0.191 e. The van der Waals surface area contributed by atoms with E-state index in [2.05, 4.69) is 34.5 Å². The maximum atomic E-state index is 5.37. The quantitative estimate of drug-likeness (QED) is 0.597. The molecule has 5 nitrogen and oxygen atoms in total. The van der Waals surface area contributed by atoms with Gasteiger partial charge in [-0.05, 0) is 27.7 Å². The van der Waals surface area contributed by atoms with Crippen molar-refractivity contribution in [1.82, 2.24) is 15.6 Å². The zero-order valence-corrected chi connectivity index (χ0v) is 13.9. The summed E-state index contributed by atoms with van der Waals surface area (Å²) in [6.45, 7) is 10.5. The molecule has 1 rings (SSSR count). The van der Waals surface area contributed by atoms with Crippen LogP contribution in [0.4, 0.5) is 0 Å². The van der Waals surface area contributed by atoms with E-state index in [4.69, 9.17) is 4.74 Å². The summed E-state index contributed by atoms with van der Waals surface area (Å²) in [5, 5.41) is 7.72. The predicted molar refractivity (Wildman–Crippen MR) is 85.6 cm³/mol. The largest absolute Gasteiger partial charge is 0.377 e. The van der Waals surface area contributed by atoms with Crippen molar-refractivity contribution < 1.29 is 4.74 Å². The lowest BCUT2D eigenvalue weighted by Crippen LogP contribution is -2.40. The van der Waals surface area contributed by atoms with Crippen LogP contribution in [0, 0.1) is 6.92 Å². The van der Waals surface area contributed by atoms with Crippen LogP contribution in [-0.2, 0) is 11.2 Å². The molecular formula is C14H26N4OS. The van der Waals surface area contributed by atoms with Crippen molar-refractivity contribution in [3.05, 3.63) is 16.1 Å². The average molecular weight is 298 g/mol. The third-order valence-corrected chi connectivity index (χ3v) is 3.79. The van der Waals surface area contributed by atoms with Crippen LogP contribution in [0.1, 0.15) is 30.7 Å². The minimum Gasteiger partial charge on any atom is -0.377 e. The number of hydrogen-bond acceptors (Lipinski definition) is 4. The zero-order chi connectivity index (χ0) is 15.0. The third kappa shape index (κ3) is 6.34. The Labute approximate surface area is 125 Å². The van der Waals surface area contributed by atoms with Crippen LogP contribution >= 0.6 is 11.3 Å². The number of aryl methyl sites for hydroxylation is 1. The van der Waals surface area contributed by atoms with Crippen molar-refractivity contribution in [2.45, 2.75) is 39.7 Å². The molecule has 20 heavy (non-hydrogen) atoms. The van der Waals surface area contributed by atoms with Gasteiger partial charge >= 0.3 is 0 Å². The second-order valence-electron chi connectivity index (χ2n) is 5.20. The molecule has 114 valence electrons. The molecule has 0 aromatic carbocycles. The number of aliphatic imine (C=N–C) groups is 1. The van der Waals surface area contributed by atoms with Gasteiger partial charge in [0.1, 0.15) is 0 Å². The summed E-state index contributed by atoms with van der Waals surface area (Å²) in [6.07, 6.45) is 2.83. The minimum absolute atomic E-state index is 0.241. The van der Waals surface area contributed by atoms with Crippen molar-refractivity contribution in [2.75, 3.05) is 26.7 Å². The molecule has 0 radical (unpaired) electrons. The maximum Gasteiger partial charge on any atom is 0.191 e. The molecule has 0 atom stereocenters. The average Bonchev–Trinajstić information content (AvgIpc) is 2.82. The van der Waals surface area contributed by atoms with Crippen LogP contribution in [0.25, 0.3) is 0 Å². The van der Waals surface area contributed by atoms with E-state index in [9.17, 15) is 0 Å². The fourth-order valence-corrected chi connectivity index (χ4v) is 2.27. The summed E-state index contributed by atoms with van der Waals surface area (Å²) in [7, 11) is 1.71. The maximum absolute atomic E-state index is 5.37. The molecule has 0 amide bonds. The van der Waals surface area contributed by atoms with E-state index in [0.29, 0.717) is 6.54 Å². The highest BCUT2D eigenvalue weighted by Gasteiger charge is 2.15. The molecule has 0 aliphatic heterocycles. The summed E-state index contributed by atoms with van der Waals surface area (Å²) in [5.41, 5.74) is -0.241. The van der Waals surface area contributed by atoms with Crippen LogP contribution < -0.4 is 10.6 Å². The van der Waals surface area contributed by atoms with Gasteiger partial charge in [0.2, 0.25) is 0 Å². The molecule has 0 spiro atoms. The second-order valence-corrected chi connectivity index (χ2v) is 6.52. The van der Waals surface area contributed by atoms with Crippen molar-refractivity contribution in [2.24, 2.45) is 4.99 Å². The highest BCUT2D eigenvalue weighted by Crippen LogP contribution is 2.11. The number of hydrogen-bond donors (Lipinski definition) is 2. The Hall–Kier alpha value is -1.14. The predicted octanol–water partition coefficient (Wildman–Crippen LogP) is 1.97. The zero-order valence-electron chi connectivity index (χ0n) is 13.1. The van der Waals surface area contributed by atoms with Gasteiger partial charge in [-0.2, -0.15) is 0 Å². The molecule has 2 N–H and O–H groups in total. The van der Waals surface area contributed by atoms with Crippen molar-refractivity contribution in [1.29, 1.82) is 0 Å². The lowest BCUT2D eigenvalue weighted by Gasteiger charge is -2.21. The number of rotatable bonds is 7. The van der Waals surface area contributed by atoms with Gasteiger partial charge in [0, 0.05) is 37.7 Å². The molecule has 0 aliphatic carbocycles. The number of thiazole rings is 1. The van der Waals surface area contributed by atoms with Crippen LogP contribution in [0.2, 0.25) is 0 Å². The van der Waals surface area contributed by atoms with E-state index >= 15 is 0 Å². The fourth-order valence-electron chi connectivity index (χ4n) is 1.48. The Bertz CT molecular complexity index is 429. The molecule has 6 heteroatoms. The number of nitrogens with zero attached hydrogens (tertiary/aromatic N) is 2. The van der Waals surface area contributed by atoms with Crippen LogP contribution in [0.5, 0.6) is 0 Å². The molecule has 0 saturated carbocycles. The number of aromatic nitrogens is 1. The third-order valence-electron chi connectivity index (χ3n) is 2.82. The topological polar surface area (TPSA) is 58.5 Å². The number of methoxy groups -OCH3 is 1. The van der Waals surface area contributed by atoms with Gasteiger partial charge in [-0.3, -0.25) is 4.99 Å². The lowest BCUT2D eigenvalue weighted by molar-refractivity contribution is 0.0310. The SMILES string of the molecule is CCNC(=NCC(C)(C)OC)NCCc1ncc(C)s1. The second kappa shape index (κ2) is 8.21. The first-order valence-corrected chi connectivity index (χ1v) is 7.77. The van der Waals surface area contributed by atoms with Crippen LogP contribution in [-0.4, -0.2) is 43.3 Å². The first-order valence-electron chi connectivity index (χ1n) is 6.95. The fraction of sp³-hybridized carbons (Fsp3) is 0.714. The van der Waals surface area contributed by atoms with E-state index in [-0.39, 0.29) is 5.60 Å². The van der Waals surface area contributed by atoms with E-state index < -0.39 is 0 Å². The Kier molecular flexibility index (Phi) is 6.95. The summed E-state index contributed by atoms with van der Waals surface area (Å²) in [4.78, 5) is 10.2. The summed E-state index contributed by atoms with van der Waals surface area (Å²) < 4.78 is 5.37. The van der Waals surface area contributed by atoms with E-state index in [0.717, 1.165) is 30.5 Å². The molecule has 0 fully saturated rings. The Morgan fingerprint density at radius 2 is 2.20 bits per heavy atom. The summed E-state index contributed by atoms with van der Waals surface area (Å²) >= 11 is 1.74. The molecular weight excluding hydrogens is 272 g/mol. The highest BCUT2D eigenvalue weighted by atomic mass is 32.1. The Morgan fingerprint density at radius 3 is 2.75 bits per heavy atom. The van der Waals surface area contributed by atoms with Gasteiger partial charge in [0.05, 0.1) is 17.2 Å². The van der Waals surface area contributed by atoms with Gasteiger partial charge in [-0.25, -0.2) is 4.98 Å². The molecule has 1 aromatic heterocycles. The van der Waals surface area contributed by atoms with E-state index in [1.165, 1.54) is 4.88 Å². The summed E-state index contributed by atoms with van der Waals surface area (Å²) in [6, 6.07) is 0. The lowest BCUT2D eigenvalue weighted by atomic mass is 10.1. The van der Waals surface area contributed by atoms with Gasteiger partial charge < -0.3 is 15.4 Å². The highest BCUT2D eigenvalue weighted by molar-refractivity contribution is 7.11. The van der Waals surface area contributed by atoms with Crippen molar-refractivity contribution in [3.63, 3.8) is 0 Å². The molecule has 0 bridgehead atoms.